The largest absolute Gasteiger partial charge is 0.511 e. The second kappa shape index (κ2) is 6.97. The molecule has 0 aromatic heterocycles. The van der Waals surface area contributed by atoms with E-state index >= 15 is 0 Å². The smallest absolute Gasteiger partial charge is 0.255 e. The lowest BCUT2D eigenvalue weighted by molar-refractivity contribution is -0.126. The Hall–Kier alpha value is -3.09. The van der Waals surface area contributed by atoms with Gasteiger partial charge in [-0.2, -0.15) is 0 Å². The SMILES string of the molecule is NC(=O)C1=C(O)C[C@@H]2C[C@@H]3Cc4c(C5CCCC5)ccc(O)c4C(=O)C3=C(O)C2C1=O. The van der Waals surface area contributed by atoms with Gasteiger partial charge in [0.25, 0.3) is 5.91 Å². The number of benzene rings is 1. The molecule has 1 amide bonds. The van der Waals surface area contributed by atoms with E-state index in [0.717, 1.165) is 36.8 Å². The van der Waals surface area contributed by atoms with Crippen LogP contribution in [0.15, 0.2) is 34.8 Å². The zero-order valence-corrected chi connectivity index (χ0v) is 17.1. The Balaban J connectivity index is 1.62. The summed E-state index contributed by atoms with van der Waals surface area (Å²) in [7, 11) is 0. The summed E-state index contributed by atoms with van der Waals surface area (Å²) in [5.74, 6) is -4.48. The lowest BCUT2D eigenvalue weighted by atomic mass is 9.62. The van der Waals surface area contributed by atoms with Crippen LogP contribution in [0, 0.1) is 17.8 Å². The average Bonchev–Trinajstić information content (AvgIpc) is 3.21. The van der Waals surface area contributed by atoms with E-state index in [4.69, 9.17) is 5.73 Å². The van der Waals surface area contributed by atoms with Crippen LogP contribution >= 0.6 is 0 Å². The number of allylic oxidation sites excluding steroid dienone is 3. The zero-order valence-electron chi connectivity index (χ0n) is 17.1. The Bertz CT molecular complexity index is 1090. The number of rotatable bonds is 2. The van der Waals surface area contributed by atoms with E-state index in [0.29, 0.717) is 18.8 Å². The number of primary amides is 1. The molecule has 31 heavy (non-hydrogen) atoms. The number of Topliss-reactive ketones (excluding diaryl/α,β-unsaturated/α-hetero) is 2. The molecule has 4 aliphatic carbocycles. The van der Waals surface area contributed by atoms with Crippen LogP contribution in [0.2, 0.25) is 0 Å². The molecule has 0 heterocycles. The van der Waals surface area contributed by atoms with E-state index < -0.39 is 34.9 Å². The molecule has 0 spiro atoms. The van der Waals surface area contributed by atoms with E-state index in [1.54, 1.807) is 6.07 Å². The van der Waals surface area contributed by atoms with Gasteiger partial charge in [-0.15, -0.1) is 0 Å². The topological polar surface area (TPSA) is 138 Å². The van der Waals surface area contributed by atoms with Crippen LogP contribution in [0.4, 0.5) is 0 Å². The standard InChI is InChI=1S/C24H25NO6/c25-24(31)20-16(27)9-12-7-11-8-14-13(10-3-1-2-4-10)5-6-15(26)19(14)22(29)17(11)21(28)18(12)23(20)30/h5-6,10-12,18,26-28H,1-4,7-9H2,(H2,25,31)/t11-,12+,18?/m1/s1. The maximum atomic E-state index is 13.5. The first-order valence-corrected chi connectivity index (χ1v) is 10.9. The Labute approximate surface area is 179 Å². The summed E-state index contributed by atoms with van der Waals surface area (Å²) in [5, 5.41) is 31.8. The summed E-state index contributed by atoms with van der Waals surface area (Å²) in [6.07, 6.45) is 5.36. The van der Waals surface area contributed by atoms with E-state index in [-0.39, 0.29) is 40.7 Å². The summed E-state index contributed by atoms with van der Waals surface area (Å²) < 4.78 is 0. The predicted molar refractivity (Wildman–Crippen MR) is 111 cm³/mol. The Kier molecular flexibility index (Phi) is 4.46. The van der Waals surface area contributed by atoms with Crippen molar-refractivity contribution in [3.63, 3.8) is 0 Å². The zero-order chi connectivity index (χ0) is 22.0. The van der Waals surface area contributed by atoms with Gasteiger partial charge in [0.1, 0.15) is 22.8 Å². The van der Waals surface area contributed by atoms with Crippen LogP contribution in [0.3, 0.4) is 0 Å². The molecule has 0 radical (unpaired) electrons. The van der Waals surface area contributed by atoms with Crippen LogP contribution < -0.4 is 5.73 Å². The first-order valence-electron chi connectivity index (χ1n) is 10.9. The molecule has 1 saturated carbocycles. The fraction of sp³-hybridized carbons (Fsp3) is 0.458. The molecule has 0 bridgehead atoms. The highest BCUT2D eigenvalue weighted by Crippen LogP contribution is 2.51. The van der Waals surface area contributed by atoms with Crippen molar-refractivity contribution < 1.29 is 29.7 Å². The molecule has 1 aromatic carbocycles. The highest BCUT2D eigenvalue weighted by molar-refractivity contribution is 6.22. The summed E-state index contributed by atoms with van der Waals surface area (Å²) >= 11 is 0. The molecule has 4 aliphatic rings. The first kappa shape index (κ1) is 19.8. The van der Waals surface area contributed by atoms with E-state index in [1.807, 2.05) is 6.07 Å². The number of ketones is 2. The second-order valence-corrected chi connectivity index (χ2v) is 9.27. The number of fused-ring (bicyclic) bond motifs is 3. The number of hydrogen-bond acceptors (Lipinski definition) is 6. The molecule has 1 fully saturated rings. The lowest BCUT2D eigenvalue weighted by Crippen LogP contribution is -2.43. The molecule has 7 heteroatoms. The molecule has 0 saturated heterocycles. The van der Waals surface area contributed by atoms with Gasteiger partial charge >= 0.3 is 0 Å². The molecule has 162 valence electrons. The van der Waals surface area contributed by atoms with Crippen molar-refractivity contribution in [2.75, 3.05) is 0 Å². The van der Waals surface area contributed by atoms with Gasteiger partial charge < -0.3 is 21.1 Å². The normalized spacial score (nSPS) is 28.5. The minimum absolute atomic E-state index is 0.0547. The van der Waals surface area contributed by atoms with Crippen LogP contribution in [0.5, 0.6) is 5.75 Å². The van der Waals surface area contributed by atoms with Gasteiger partial charge in [0, 0.05) is 12.0 Å². The molecule has 1 aromatic rings. The number of phenolic OH excluding ortho intramolecular Hbond substituents is 1. The fourth-order valence-corrected chi connectivity index (χ4v) is 6.28. The predicted octanol–water partition coefficient (Wildman–Crippen LogP) is 3.12. The number of aliphatic hydroxyl groups excluding tert-OH is 2. The molecule has 0 aliphatic heterocycles. The number of phenols is 1. The van der Waals surface area contributed by atoms with Gasteiger partial charge in [-0.05, 0) is 60.6 Å². The summed E-state index contributed by atoms with van der Waals surface area (Å²) in [6, 6.07) is 3.46. The van der Waals surface area contributed by atoms with Crippen molar-refractivity contribution in [2.45, 2.75) is 50.9 Å². The molecular formula is C24H25NO6. The quantitative estimate of drug-likeness (QED) is 0.539. The number of hydrogen-bond donors (Lipinski definition) is 4. The van der Waals surface area contributed by atoms with Gasteiger partial charge in [-0.25, -0.2) is 0 Å². The monoisotopic (exact) mass is 423 g/mol. The first-order chi connectivity index (χ1) is 14.8. The van der Waals surface area contributed by atoms with Crippen molar-refractivity contribution >= 4 is 17.5 Å². The van der Waals surface area contributed by atoms with Gasteiger partial charge in [-0.3, -0.25) is 14.4 Å². The van der Waals surface area contributed by atoms with Crippen LogP contribution in [-0.4, -0.2) is 32.8 Å². The molecular weight excluding hydrogens is 398 g/mol. The van der Waals surface area contributed by atoms with Crippen molar-refractivity contribution in [3.05, 3.63) is 51.5 Å². The Morgan fingerprint density at radius 1 is 1.00 bits per heavy atom. The van der Waals surface area contributed by atoms with E-state index in [1.165, 1.54) is 0 Å². The molecule has 5 N–H and O–H groups in total. The molecule has 1 unspecified atom stereocenters. The van der Waals surface area contributed by atoms with Crippen LogP contribution in [-0.2, 0) is 16.0 Å². The fourth-order valence-electron chi connectivity index (χ4n) is 6.28. The van der Waals surface area contributed by atoms with Crippen molar-refractivity contribution in [1.29, 1.82) is 0 Å². The highest BCUT2D eigenvalue weighted by Gasteiger charge is 2.50. The van der Waals surface area contributed by atoms with Crippen LogP contribution in [0.25, 0.3) is 0 Å². The lowest BCUT2D eigenvalue weighted by Gasteiger charge is -2.41. The maximum Gasteiger partial charge on any atom is 0.255 e. The summed E-state index contributed by atoms with van der Waals surface area (Å²) in [5.41, 5.74) is 7.06. The van der Waals surface area contributed by atoms with Gasteiger partial charge in [0.15, 0.2) is 11.6 Å². The maximum absolute atomic E-state index is 13.5. The number of carbonyl (C=O) groups is 3. The molecule has 3 atom stereocenters. The Morgan fingerprint density at radius 3 is 2.39 bits per heavy atom. The van der Waals surface area contributed by atoms with Gasteiger partial charge in [0.2, 0.25) is 0 Å². The number of aliphatic hydroxyl groups is 2. The van der Waals surface area contributed by atoms with Gasteiger partial charge in [-0.1, -0.05) is 18.9 Å². The third-order valence-electron chi connectivity index (χ3n) is 7.60. The summed E-state index contributed by atoms with van der Waals surface area (Å²) in [6.45, 7) is 0. The summed E-state index contributed by atoms with van der Waals surface area (Å²) in [4.78, 5) is 38.0. The third kappa shape index (κ3) is 2.82. The number of aromatic hydroxyl groups is 1. The van der Waals surface area contributed by atoms with Crippen LogP contribution in [0.1, 0.15) is 65.9 Å². The third-order valence-corrected chi connectivity index (χ3v) is 7.60. The molecule has 5 rings (SSSR count). The average molecular weight is 423 g/mol. The molecule has 7 nitrogen and oxygen atoms in total. The minimum Gasteiger partial charge on any atom is -0.511 e. The second-order valence-electron chi connectivity index (χ2n) is 9.27. The number of amides is 1. The minimum atomic E-state index is -1.07. The Morgan fingerprint density at radius 2 is 1.71 bits per heavy atom. The van der Waals surface area contributed by atoms with Gasteiger partial charge in [0.05, 0.1) is 11.5 Å². The van der Waals surface area contributed by atoms with Crippen molar-refractivity contribution in [3.8, 4) is 5.75 Å². The van der Waals surface area contributed by atoms with Crippen molar-refractivity contribution in [2.24, 2.45) is 23.5 Å². The van der Waals surface area contributed by atoms with E-state index in [2.05, 4.69) is 0 Å². The van der Waals surface area contributed by atoms with Crippen molar-refractivity contribution in [1.82, 2.24) is 0 Å². The van der Waals surface area contributed by atoms with E-state index in [9.17, 15) is 29.7 Å². The number of carbonyl (C=O) groups excluding carboxylic acids is 3. The highest BCUT2D eigenvalue weighted by atomic mass is 16.3. The number of nitrogens with two attached hydrogens (primary N) is 1.